The van der Waals surface area contributed by atoms with Crippen molar-refractivity contribution in [1.82, 2.24) is 10.2 Å². The van der Waals surface area contributed by atoms with Crippen molar-refractivity contribution in [3.05, 3.63) is 94.0 Å². The lowest BCUT2D eigenvalue weighted by Crippen LogP contribution is -2.29. The molecule has 0 bridgehead atoms. The molecule has 0 aliphatic carbocycles. The number of carbonyl (C=O) groups excluding carboxylic acids is 1. The molecule has 0 aliphatic heterocycles. The topological polar surface area (TPSA) is 32.3 Å². The summed E-state index contributed by atoms with van der Waals surface area (Å²) in [5.41, 5.74) is 3.95. The zero-order chi connectivity index (χ0) is 20.8. The van der Waals surface area contributed by atoms with Crippen molar-refractivity contribution in [1.29, 1.82) is 0 Å². The average molecular weight is 427 g/mol. The maximum Gasteiger partial charge on any atom is 0.251 e. The first-order valence-electron chi connectivity index (χ1n) is 9.50. The van der Waals surface area contributed by atoms with Gasteiger partial charge in [0.1, 0.15) is 0 Å². The van der Waals surface area contributed by atoms with Crippen LogP contribution in [0.1, 0.15) is 28.4 Å². The van der Waals surface area contributed by atoms with Crippen LogP contribution >= 0.6 is 23.2 Å². The maximum atomic E-state index is 12.5. The van der Waals surface area contributed by atoms with Gasteiger partial charge in [0, 0.05) is 28.2 Å². The van der Waals surface area contributed by atoms with E-state index in [1.165, 1.54) is 5.56 Å². The molecule has 3 aromatic rings. The van der Waals surface area contributed by atoms with Crippen molar-refractivity contribution in [3.8, 4) is 11.1 Å². The Morgan fingerprint density at radius 3 is 1.83 bits per heavy atom. The quantitative estimate of drug-likeness (QED) is 0.495. The van der Waals surface area contributed by atoms with Gasteiger partial charge in [0.15, 0.2) is 0 Å². The first kappa shape index (κ1) is 21.4. The number of rotatable bonds is 7. The summed E-state index contributed by atoms with van der Waals surface area (Å²) in [6.45, 7) is 0.587. The molecule has 0 fully saturated rings. The average Bonchev–Trinajstić information content (AvgIpc) is 2.72. The molecule has 29 heavy (non-hydrogen) atoms. The third-order valence-electron chi connectivity index (χ3n) is 4.91. The second-order valence-electron chi connectivity index (χ2n) is 7.16. The molecule has 0 spiro atoms. The molecule has 0 saturated heterocycles. The van der Waals surface area contributed by atoms with Crippen LogP contribution in [0.4, 0.5) is 0 Å². The fraction of sp³-hybridized carbons (Fsp3) is 0.208. The van der Waals surface area contributed by atoms with Crippen molar-refractivity contribution in [2.75, 3.05) is 20.6 Å². The van der Waals surface area contributed by atoms with E-state index in [0.29, 0.717) is 17.1 Å². The smallest absolute Gasteiger partial charge is 0.251 e. The molecule has 0 aromatic heterocycles. The largest absolute Gasteiger partial charge is 0.352 e. The molecule has 1 atom stereocenters. The number of nitrogens with one attached hydrogen (secondary N) is 1. The Morgan fingerprint density at radius 1 is 0.828 bits per heavy atom. The van der Waals surface area contributed by atoms with Crippen LogP contribution in [0.5, 0.6) is 0 Å². The van der Waals surface area contributed by atoms with Crippen LogP contribution in [0, 0.1) is 0 Å². The van der Waals surface area contributed by atoms with E-state index in [0.717, 1.165) is 22.6 Å². The number of hydrogen-bond acceptors (Lipinski definition) is 2. The lowest BCUT2D eigenvalue weighted by molar-refractivity contribution is 0.0949. The molecule has 3 aromatic carbocycles. The van der Waals surface area contributed by atoms with Crippen LogP contribution in [0.15, 0.2) is 72.8 Å². The number of hydrogen-bond donors (Lipinski definition) is 1. The number of halogens is 2. The highest BCUT2D eigenvalue weighted by Crippen LogP contribution is 2.24. The van der Waals surface area contributed by atoms with Gasteiger partial charge in [0.05, 0.1) is 0 Å². The van der Waals surface area contributed by atoms with Crippen LogP contribution in [0.25, 0.3) is 11.1 Å². The second kappa shape index (κ2) is 9.93. The number of benzene rings is 3. The normalized spacial score (nSPS) is 12.0. The first-order chi connectivity index (χ1) is 13.9. The van der Waals surface area contributed by atoms with Crippen molar-refractivity contribution < 1.29 is 4.79 Å². The second-order valence-corrected chi connectivity index (χ2v) is 8.03. The van der Waals surface area contributed by atoms with Crippen molar-refractivity contribution in [2.24, 2.45) is 0 Å². The van der Waals surface area contributed by atoms with Gasteiger partial charge in [-0.3, -0.25) is 4.79 Å². The fourth-order valence-corrected chi connectivity index (χ4v) is 3.54. The lowest BCUT2D eigenvalue weighted by atomic mass is 10.0. The van der Waals surface area contributed by atoms with E-state index >= 15 is 0 Å². The Morgan fingerprint density at radius 2 is 1.31 bits per heavy atom. The van der Waals surface area contributed by atoms with E-state index in [1.807, 2.05) is 86.9 Å². The zero-order valence-corrected chi connectivity index (χ0v) is 18.0. The van der Waals surface area contributed by atoms with E-state index < -0.39 is 0 Å². The van der Waals surface area contributed by atoms with Gasteiger partial charge in [-0.25, -0.2) is 0 Å². The summed E-state index contributed by atoms with van der Waals surface area (Å²) in [5, 5.41) is 4.45. The molecule has 3 rings (SSSR count). The summed E-state index contributed by atoms with van der Waals surface area (Å²) >= 11 is 11.9. The fourth-order valence-electron chi connectivity index (χ4n) is 3.29. The van der Waals surface area contributed by atoms with Gasteiger partial charge in [-0.1, -0.05) is 59.6 Å². The minimum absolute atomic E-state index is 0.0683. The van der Waals surface area contributed by atoms with E-state index in [4.69, 9.17) is 23.2 Å². The summed E-state index contributed by atoms with van der Waals surface area (Å²) in [5.74, 6) is -0.0683. The van der Waals surface area contributed by atoms with Gasteiger partial charge in [-0.05, 0) is 73.6 Å². The SMILES string of the molecule is CN(C)C(CCNC(=O)c1ccc(-c2ccc(Cl)cc2)cc1)c1ccc(Cl)cc1. The molecule has 0 aliphatic rings. The molecule has 150 valence electrons. The molecule has 0 heterocycles. The van der Waals surface area contributed by atoms with Crippen LogP contribution < -0.4 is 5.32 Å². The molecule has 1 N–H and O–H groups in total. The molecule has 1 amide bonds. The van der Waals surface area contributed by atoms with Gasteiger partial charge in [0.2, 0.25) is 0 Å². The molecule has 0 saturated carbocycles. The van der Waals surface area contributed by atoms with E-state index in [9.17, 15) is 4.79 Å². The van der Waals surface area contributed by atoms with Gasteiger partial charge >= 0.3 is 0 Å². The molecule has 5 heteroatoms. The van der Waals surface area contributed by atoms with Gasteiger partial charge in [-0.15, -0.1) is 0 Å². The van der Waals surface area contributed by atoms with E-state index in [2.05, 4.69) is 10.2 Å². The highest BCUT2D eigenvalue weighted by atomic mass is 35.5. The minimum Gasteiger partial charge on any atom is -0.352 e. The summed E-state index contributed by atoms with van der Waals surface area (Å²) in [6, 6.07) is 23.3. The minimum atomic E-state index is -0.0683. The summed E-state index contributed by atoms with van der Waals surface area (Å²) in [4.78, 5) is 14.7. The highest BCUT2D eigenvalue weighted by Gasteiger charge is 2.15. The van der Waals surface area contributed by atoms with Crippen molar-refractivity contribution in [2.45, 2.75) is 12.5 Å². The Labute approximate surface area is 182 Å². The Kier molecular flexibility index (Phi) is 7.32. The van der Waals surface area contributed by atoms with Gasteiger partial charge < -0.3 is 10.2 Å². The third-order valence-corrected chi connectivity index (χ3v) is 5.41. The Hall–Kier alpha value is -2.33. The van der Waals surface area contributed by atoms with E-state index in [1.54, 1.807) is 0 Å². The van der Waals surface area contributed by atoms with Crippen molar-refractivity contribution >= 4 is 29.1 Å². The number of nitrogens with zero attached hydrogens (tertiary/aromatic N) is 1. The van der Waals surface area contributed by atoms with Crippen LogP contribution in [0.3, 0.4) is 0 Å². The molecule has 0 radical (unpaired) electrons. The Balaban J connectivity index is 1.58. The van der Waals surface area contributed by atoms with Crippen molar-refractivity contribution in [3.63, 3.8) is 0 Å². The van der Waals surface area contributed by atoms with E-state index in [-0.39, 0.29) is 11.9 Å². The standard InChI is InChI=1S/C24H24Cl2N2O/c1-28(2)23(19-9-13-22(26)14-10-19)15-16-27-24(29)20-5-3-17(4-6-20)18-7-11-21(25)12-8-18/h3-14,23H,15-16H2,1-2H3,(H,27,29). The summed E-state index contributed by atoms with van der Waals surface area (Å²) < 4.78 is 0. The Bertz CT molecular complexity index is 936. The molecular weight excluding hydrogens is 403 g/mol. The molecule has 3 nitrogen and oxygen atoms in total. The predicted molar refractivity (Wildman–Crippen MR) is 122 cm³/mol. The first-order valence-corrected chi connectivity index (χ1v) is 10.3. The predicted octanol–water partition coefficient (Wildman–Crippen LogP) is 6.08. The monoisotopic (exact) mass is 426 g/mol. The van der Waals surface area contributed by atoms with Gasteiger partial charge in [-0.2, -0.15) is 0 Å². The maximum absolute atomic E-state index is 12.5. The summed E-state index contributed by atoms with van der Waals surface area (Å²) in [7, 11) is 4.08. The number of carbonyl (C=O) groups is 1. The lowest BCUT2D eigenvalue weighted by Gasteiger charge is -2.25. The van der Waals surface area contributed by atoms with Gasteiger partial charge in [0.25, 0.3) is 5.91 Å². The zero-order valence-electron chi connectivity index (χ0n) is 16.5. The third kappa shape index (κ3) is 5.83. The molecular formula is C24H24Cl2N2O. The highest BCUT2D eigenvalue weighted by molar-refractivity contribution is 6.30. The van der Waals surface area contributed by atoms with Crippen LogP contribution in [0.2, 0.25) is 10.0 Å². The van der Waals surface area contributed by atoms with Crippen LogP contribution in [-0.2, 0) is 0 Å². The molecule has 1 unspecified atom stereocenters. The van der Waals surface area contributed by atoms with Crippen LogP contribution in [-0.4, -0.2) is 31.4 Å². The number of amides is 1. The summed E-state index contributed by atoms with van der Waals surface area (Å²) in [6.07, 6.45) is 0.809.